The molecule has 1 unspecified atom stereocenters. The molecule has 1 amide bonds. The van der Waals surface area contributed by atoms with E-state index in [9.17, 15) is 4.79 Å². The zero-order chi connectivity index (χ0) is 19.2. The lowest BCUT2D eigenvalue weighted by molar-refractivity contribution is -0.120. The third-order valence-corrected chi connectivity index (χ3v) is 4.45. The van der Waals surface area contributed by atoms with Crippen molar-refractivity contribution in [1.29, 1.82) is 0 Å². The Balaban J connectivity index is 1.49. The topological polar surface area (TPSA) is 69.3 Å². The number of methoxy groups -OCH3 is 1. The van der Waals surface area contributed by atoms with Crippen molar-refractivity contribution in [3.8, 4) is 23.0 Å². The molecule has 144 valence electrons. The molecule has 3 rings (SSSR count). The van der Waals surface area contributed by atoms with Crippen molar-refractivity contribution in [1.82, 2.24) is 4.90 Å². The molecule has 0 aliphatic carbocycles. The quantitative estimate of drug-likeness (QED) is 0.768. The van der Waals surface area contributed by atoms with E-state index >= 15 is 0 Å². The van der Waals surface area contributed by atoms with Crippen molar-refractivity contribution < 1.29 is 23.7 Å². The van der Waals surface area contributed by atoms with Crippen LogP contribution in [0.4, 0.5) is 5.69 Å². The fraction of sp³-hybridized carbons (Fsp3) is 0.350. The summed E-state index contributed by atoms with van der Waals surface area (Å²) in [6, 6.07) is 12.5. The Labute approximate surface area is 158 Å². The first kappa shape index (κ1) is 18.8. The lowest BCUT2D eigenvalue weighted by atomic mass is 10.2. The van der Waals surface area contributed by atoms with Crippen LogP contribution in [-0.2, 0) is 4.79 Å². The van der Waals surface area contributed by atoms with Gasteiger partial charge in [0.05, 0.1) is 13.2 Å². The van der Waals surface area contributed by atoms with Gasteiger partial charge >= 0.3 is 0 Å². The van der Waals surface area contributed by atoms with Crippen molar-refractivity contribution in [3.63, 3.8) is 0 Å². The lowest BCUT2D eigenvalue weighted by Crippen LogP contribution is -2.41. The second-order valence-corrected chi connectivity index (χ2v) is 6.21. The summed E-state index contributed by atoms with van der Waals surface area (Å²) in [5.74, 6) is 2.60. The molecule has 0 bridgehead atoms. The molecule has 1 heterocycles. The number of benzene rings is 2. The first-order valence-corrected chi connectivity index (χ1v) is 8.75. The second-order valence-electron chi connectivity index (χ2n) is 6.21. The maximum absolute atomic E-state index is 12.5. The molecule has 0 fully saturated rings. The number of rotatable bonds is 8. The number of likely N-dealkylation sites (N-methyl/N-ethyl adjacent to an activating group) is 1. The van der Waals surface area contributed by atoms with E-state index in [0.717, 1.165) is 0 Å². The van der Waals surface area contributed by atoms with E-state index in [2.05, 4.69) is 5.32 Å². The first-order chi connectivity index (χ1) is 13.1. The van der Waals surface area contributed by atoms with Gasteiger partial charge < -0.3 is 24.3 Å². The molecule has 27 heavy (non-hydrogen) atoms. The summed E-state index contributed by atoms with van der Waals surface area (Å²) in [4.78, 5) is 14.4. The average molecular weight is 372 g/mol. The minimum atomic E-state index is -0.323. The highest BCUT2D eigenvalue weighted by atomic mass is 16.7. The molecule has 2 aromatic carbocycles. The van der Waals surface area contributed by atoms with Crippen molar-refractivity contribution in [3.05, 3.63) is 42.5 Å². The highest BCUT2D eigenvalue weighted by molar-refractivity contribution is 5.94. The summed E-state index contributed by atoms with van der Waals surface area (Å²) in [7, 11) is 3.49. The molecule has 0 radical (unpaired) electrons. The summed E-state index contributed by atoms with van der Waals surface area (Å²) in [5, 5.41) is 2.90. The number of hydrogen-bond acceptors (Lipinski definition) is 6. The minimum absolute atomic E-state index is 0.103. The van der Waals surface area contributed by atoms with Gasteiger partial charge in [0.25, 0.3) is 0 Å². The summed E-state index contributed by atoms with van der Waals surface area (Å²) in [6.45, 7) is 3.09. The van der Waals surface area contributed by atoms with Gasteiger partial charge in [-0.15, -0.1) is 0 Å². The molecule has 0 saturated carbocycles. The van der Waals surface area contributed by atoms with Gasteiger partial charge in [0.2, 0.25) is 12.7 Å². The van der Waals surface area contributed by atoms with Crippen LogP contribution in [0.25, 0.3) is 0 Å². The van der Waals surface area contributed by atoms with Gasteiger partial charge in [-0.3, -0.25) is 9.69 Å². The van der Waals surface area contributed by atoms with E-state index in [4.69, 9.17) is 18.9 Å². The van der Waals surface area contributed by atoms with E-state index in [0.29, 0.717) is 41.8 Å². The van der Waals surface area contributed by atoms with E-state index in [1.807, 2.05) is 43.1 Å². The fourth-order valence-corrected chi connectivity index (χ4v) is 2.65. The largest absolute Gasteiger partial charge is 0.493 e. The van der Waals surface area contributed by atoms with Crippen LogP contribution in [0, 0.1) is 0 Å². The van der Waals surface area contributed by atoms with Crippen LogP contribution in [0.2, 0.25) is 0 Å². The Kier molecular flexibility index (Phi) is 6.03. The Bertz CT molecular complexity index is 796. The third kappa shape index (κ3) is 4.62. The standard InChI is InChI=1S/C20H24N2O5/c1-14(20(23)21-15-8-9-18-19(12-15)27-13-26-18)22(2)10-11-25-17-7-5-4-6-16(17)24-3/h4-9,12,14H,10-11,13H2,1-3H3,(H,21,23). The summed E-state index contributed by atoms with van der Waals surface area (Å²) in [6.07, 6.45) is 0. The molecule has 7 heteroatoms. The van der Waals surface area contributed by atoms with Crippen LogP contribution in [0.3, 0.4) is 0 Å². The van der Waals surface area contributed by atoms with E-state index in [1.165, 1.54) is 0 Å². The predicted molar refractivity (Wildman–Crippen MR) is 102 cm³/mol. The van der Waals surface area contributed by atoms with Gasteiger partial charge in [-0.05, 0) is 38.2 Å². The fourth-order valence-electron chi connectivity index (χ4n) is 2.65. The molecule has 1 aliphatic heterocycles. The number of anilines is 1. The lowest BCUT2D eigenvalue weighted by Gasteiger charge is -2.24. The summed E-state index contributed by atoms with van der Waals surface area (Å²) in [5.41, 5.74) is 0.676. The van der Waals surface area contributed by atoms with Gasteiger partial charge in [-0.1, -0.05) is 12.1 Å². The monoisotopic (exact) mass is 372 g/mol. The normalized spacial score (nSPS) is 13.3. The van der Waals surface area contributed by atoms with Crippen LogP contribution in [0.1, 0.15) is 6.92 Å². The van der Waals surface area contributed by atoms with Gasteiger partial charge in [-0.25, -0.2) is 0 Å². The Morgan fingerprint density at radius 3 is 2.70 bits per heavy atom. The van der Waals surface area contributed by atoms with E-state index in [-0.39, 0.29) is 18.7 Å². The van der Waals surface area contributed by atoms with E-state index in [1.54, 1.807) is 25.3 Å². The molecule has 2 aromatic rings. The van der Waals surface area contributed by atoms with Crippen LogP contribution in [0.15, 0.2) is 42.5 Å². The maximum atomic E-state index is 12.5. The van der Waals surface area contributed by atoms with Gasteiger partial charge in [0.1, 0.15) is 6.61 Å². The highest BCUT2D eigenvalue weighted by Crippen LogP contribution is 2.34. The van der Waals surface area contributed by atoms with Crippen molar-refractivity contribution >= 4 is 11.6 Å². The molecular formula is C20H24N2O5. The van der Waals surface area contributed by atoms with E-state index < -0.39 is 0 Å². The smallest absolute Gasteiger partial charge is 0.241 e. The predicted octanol–water partition coefficient (Wildman–Crippen LogP) is 2.76. The molecule has 7 nitrogen and oxygen atoms in total. The van der Waals surface area contributed by atoms with Gasteiger partial charge in [0, 0.05) is 18.3 Å². The van der Waals surface area contributed by atoms with Crippen molar-refractivity contribution in [2.24, 2.45) is 0 Å². The number of amides is 1. The number of nitrogens with one attached hydrogen (secondary N) is 1. The van der Waals surface area contributed by atoms with Gasteiger partial charge in [0.15, 0.2) is 23.0 Å². The Hall–Kier alpha value is -2.93. The van der Waals surface area contributed by atoms with Crippen LogP contribution >= 0.6 is 0 Å². The van der Waals surface area contributed by atoms with Crippen LogP contribution in [0.5, 0.6) is 23.0 Å². The molecular weight excluding hydrogens is 348 g/mol. The SMILES string of the molecule is COc1ccccc1OCCN(C)C(C)C(=O)Nc1ccc2c(c1)OCO2. The Morgan fingerprint density at radius 2 is 1.93 bits per heavy atom. The number of fused-ring (bicyclic) bond motifs is 1. The number of carbonyl (C=O) groups is 1. The Morgan fingerprint density at radius 1 is 1.19 bits per heavy atom. The number of carbonyl (C=O) groups excluding carboxylic acids is 1. The molecule has 0 aromatic heterocycles. The summed E-state index contributed by atoms with van der Waals surface area (Å²) < 4.78 is 21.6. The third-order valence-electron chi connectivity index (χ3n) is 4.45. The van der Waals surface area contributed by atoms with Crippen molar-refractivity contribution in [2.75, 3.05) is 39.4 Å². The first-order valence-electron chi connectivity index (χ1n) is 8.75. The molecule has 1 N–H and O–H groups in total. The number of hydrogen-bond donors (Lipinski definition) is 1. The zero-order valence-electron chi connectivity index (χ0n) is 15.7. The highest BCUT2D eigenvalue weighted by Gasteiger charge is 2.20. The molecule has 1 atom stereocenters. The number of para-hydroxylation sites is 2. The number of nitrogens with zero attached hydrogens (tertiary/aromatic N) is 1. The molecule has 0 saturated heterocycles. The summed E-state index contributed by atoms with van der Waals surface area (Å²) >= 11 is 0. The molecule has 0 spiro atoms. The number of ether oxygens (including phenoxy) is 4. The average Bonchev–Trinajstić information content (AvgIpc) is 3.15. The van der Waals surface area contributed by atoms with Crippen molar-refractivity contribution in [2.45, 2.75) is 13.0 Å². The zero-order valence-corrected chi connectivity index (χ0v) is 15.7. The van der Waals surface area contributed by atoms with Gasteiger partial charge in [-0.2, -0.15) is 0 Å². The van der Waals surface area contributed by atoms with Crippen LogP contribution in [-0.4, -0.2) is 51.0 Å². The van der Waals surface area contributed by atoms with Crippen LogP contribution < -0.4 is 24.3 Å². The molecule has 1 aliphatic rings. The maximum Gasteiger partial charge on any atom is 0.241 e. The second kappa shape index (κ2) is 8.64. The minimum Gasteiger partial charge on any atom is -0.493 e.